The fraction of sp³-hybridized carbons (Fsp3) is 0.360. The molecule has 3 amide bonds. The van der Waals surface area contributed by atoms with Gasteiger partial charge in [0.15, 0.2) is 20.9 Å². The van der Waals surface area contributed by atoms with Crippen LogP contribution >= 0.6 is 11.3 Å². The summed E-state index contributed by atoms with van der Waals surface area (Å²) < 4.78 is 40.4. The van der Waals surface area contributed by atoms with Gasteiger partial charge in [-0.3, -0.25) is 14.4 Å². The zero-order valence-corrected chi connectivity index (χ0v) is 21.6. The van der Waals surface area contributed by atoms with Crippen molar-refractivity contribution in [1.29, 1.82) is 0 Å². The van der Waals surface area contributed by atoms with Gasteiger partial charge in [0.05, 0.1) is 11.2 Å². The van der Waals surface area contributed by atoms with E-state index < -0.39 is 32.7 Å². The molecular formula is C25H25FN4O5S2. The van der Waals surface area contributed by atoms with E-state index in [0.29, 0.717) is 21.4 Å². The van der Waals surface area contributed by atoms with Crippen LogP contribution in [0, 0.1) is 5.82 Å². The van der Waals surface area contributed by atoms with E-state index in [4.69, 9.17) is 0 Å². The molecule has 2 fully saturated rings. The van der Waals surface area contributed by atoms with Crippen molar-refractivity contribution < 1.29 is 27.2 Å². The van der Waals surface area contributed by atoms with Crippen LogP contribution in [0.3, 0.4) is 0 Å². The maximum absolute atomic E-state index is 15.0. The lowest BCUT2D eigenvalue weighted by atomic mass is 10.0. The molecule has 1 aliphatic heterocycles. The number of sulfone groups is 1. The van der Waals surface area contributed by atoms with Gasteiger partial charge in [-0.1, -0.05) is 12.1 Å². The van der Waals surface area contributed by atoms with E-state index in [1.54, 1.807) is 35.2 Å². The summed E-state index contributed by atoms with van der Waals surface area (Å²) in [5.41, 5.74) is 1.72. The Kier molecular flexibility index (Phi) is 6.71. The number of hydrogen-bond donors (Lipinski definition) is 2. The topological polar surface area (TPSA) is 126 Å². The van der Waals surface area contributed by atoms with Crippen molar-refractivity contribution in [3.05, 3.63) is 52.8 Å². The summed E-state index contributed by atoms with van der Waals surface area (Å²) in [6.45, 7) is 1.13. The Labute approximate surface area is 217 Å². The number of carbonyl (C=O) groups excluding carboxylic acids is 3. The third-order valence-electron chi connectivity index (χ3n) is 6.33. The molecule has 1 saturated carbocycles. The fourth-order valence-corrected chi connectivity index (χ4v) is 6.61. The van der Waals surface area contributed by atoms with Crippen LogP contribution in [0.5, 0.6) is 0 Å². The van der Waals surface area contributed by atoms with Crippen LogP contribution in [0.25, 0.3) is 21.3 Å². The molecule has 5 rings (SSSR count). The number of thiazole rings is 1. The number of aromatic nitrogens is 1. The minimum absolute atomic E-state index is 0.0401. The molecule has 3 aromatic rings. The third-order valence-corrected chi connectivity index (χ3v) is 8.84. The molecule has 1 atom stereocenters. The quantitative estimate of drug-likeness (QED) is 0.449. The summed E-state index contributed by atoms with van der Waals surface area (Å²) in [7, 11) is -3.97. The number of fused-ring (bicyclic) bond motifs is 1. The van der Waals surface area contributed by atoms with Gasteiger partial charge < -0.3 is 15.5 Å². The Morgan fingerprint density at radius 2 is 1.84 bits per heavy atom. The number of benzene rings is 2. The van der Waals surface area contributed by atoms with E-state index in [-0.39, 0.29) is 29.0 Å². The first-order valence-electron chi connectivity index (χ1n) is 11.9. The minimum atomic E-state index is -3.97. The molecule has 2 aliphatic rings. The maximum atomic E-state index is 15.0. The smallest absolute Gasteiger partial charge is 0.253 e. The predicted octanol–water partition coefficient (Wildman–Crippen LogP) is 2.43. The molecule has 1 aromatic heterocycles. The van der Waals surface area contributed by atoms with Gasteiger partial charge in [-0.2, -0.15) is 0 Å². The lowest BCUT2D eigenvalue weighted by molar-refractivity contribution is -0.126. The van der Waals surface area contributed by atoms with Crippen LogP contribution in [0.4, 0.5) is 4.39 Å². The number of halogens is 1. The fourth-order valence-electron chi connectivity index (χ4n) is 4.05. The second kappa shape index (κ2) is 9.82. The monoisotopic (exact) mass is 544 g/mol. The largest absolute Gasteiger partial charge is 0.352 e. The minimum Gasteiger partial charge on any atom is -0.352 e. The van der Waals surface area contributed by atoms with Crippen molar-refractivity contribution >= 4 is 49.1 Å². The van der Waals surface area contributed by atoms with Gasteiger partial charge >= 0.3 is 0 Å². The normalized spacial score (nSPS) is 16.2. The number of hydrogen-bond acceptors (Lipinski definition) is 7. The van der Waals surface area contributed by atoms with Gasteiger partial charge in [0.25, 0.3) is 5.91 Å². The molecule has 0 radical (unpaired) electrons. The standard InChI is InChI=1S/C25H25FN4O5S2/c1-37(34,35)22(23(32)27-13-20(31)28-17-7-8-17)24-29-21-18(26)11-16(12-19(21)36-24)14-3-5-15(6-4-14)25(33)30-9-2-10-30/h3-6,11-12,17,22H,2,7-10,13H2,1H3,(H,27,32)(H,28,31). The molecule has 1 saturated heterocycles. The molecule has 2 aromatic carbocycles. The predicted molar refractivity (Wildman–Crippen MR) is 137 cm³/mol. The number of nitrogens with zero attached hydrogens (tertiary/aromatic N) is 2. The second-order valence-electron chi connectivity index (χ2n) is 9.35. The Balaban J connectivity index is 1.39. The highest BCUT2D eigenvalue weighted by atomic mass is 32.2. The zero-order valence-electron chi connectivity index (χ0n) is 20.0. The lowest BCUT2D eigenvalue weighted by Crippen LogP contribution is -2.41. The van der Waals surface area contributed by atoms with Crippen molar-refractivity contribution in [1.82, 2.24) is 20.5 Å². The summed E-state index contributed by atoms with van der Waals surface area (Å²) in [6, 6.07) is 9.92. The number of amides is 3. The Morgan fingerprint density at radius 3 is 2.43 bits per heavy atom. The van der Waals surface area contributed by atoms with Crippen molar-refractivity contribution in [3.8, 4) is 11.1 Å². The highest BCUT2D eigenvalue weighted by Gasteiger charge is 2.35. The van der Waals surface area contributed by atoms with Gasteiger partial charge in [-0.05, 0) is 54.7 Å². The van der Waals surface area contributed by atoms with Gasteiger partial charge in [-0.25, -0.2) is 17.8 Å². The molecule has 37 heavy (non-hydrogen) atoms. The summed E-state index contributed by atoms with van der Waals surface area (Å²) in [4.78, 5) is 43.0. The SMILES string of the molecule is CS(=O)(=O)C(C(=O)NCC(=O)NC1CC1)c1nc2c(F)cc(-c3ccc(C(=O)N4CCC4)cc3)cc2s1. The van der Waals surface area contributed by atoms with Crippen LogP contribution in [0.15, 0.2) is 36.4 Å². The van der Waals surface area contributed by atoms with Crippen LogP contribution in [0.1, 0.15) is 39.9 Å². The van der Waals surface area contributed by atoms with Crippen molar-refractivity contribution in [2.45, 2.75) is 30.6 Å². The molecule has 2 N–H and O–H groups in total. The number of nitrogens with one attached hydrogen (secondary N) is 2. The average Bonchev–Trinajstić information content (AvgIpc) is 3.51. The summed E-state index contributed by atoms with van der Waals surface area (Å²) in [6.07, 6.45) is 3.66. The van der Waals surface area contributed by atoms with Crippen molar-refractivity contribution in [3.63, 3.8) is 0 Å². The van der Waals surface area contributed by atoms with Crippen LogP contribution in [-0.2, 0) is 19.4 Å². The van der Waals surface area contributed by atoms with Crippen LogP contribution in [-0.4, -0.2) is 68.0 Å². The first-order valence-corrected chi connectivity index (χ1v) is 14.6. The molecule has 1 aliphatic carbocycles. The number of carbonyl (C=O) groups is 3. The Bertz CT molecular complexity index is 1500. The summed E-state index contributed by atoms with van der Waals surface area (Å²) in [5.74, 6) is -2.00. The van der Waals surface area contributed by atoms with Crippen LogP contribution < -0.4 is 10.6 Å². The molecule has 0 bridgehead atoms. The van der Waals surface area contributed by atoms with E-state index in [2.05, 4.69) is 15.6 Å². The van der Waals surface area contributed by atoms with Gasteiger partial charge in [0.1, 0.15) is 10.5 Å². The van der Waals surface area contributed by atoms with E-state index in [9.17, 15) is 22.8 Å². The zero-order chi connectivity index (χ0) is 26.3. The van der Waals surface area contributed by atoms with Crippen molar-refractivity contribution in [2.75, 3.05) is 25.9 Å². The van der Waals surface area contributed by atoms with Gasteiger partial charge in [0, 0.05) is 31.0 Å². The molecule has 194 valence electrons. The third kappa shape index (κ3) is 5.49. The molecular weight excluding hydrogens is 519 g/mol. The molecule has 1 unspecified atom stereocenters. The van der Waals surface area contributed by atoms with Gasteiger partial charge in [0.2, 0.25) is 11.8 Å². The molecule has 9 nitrogen and oxygen atoms in total. The second-order valence-corrected chi connectivity index (χ2v) is 12.5. The summed E-state index contributed by atoms with van der Waals surface area (Å²) >= 11 is 0.909. The van der Waals surface area contributed by atoms with Crippen LogP contribution in [0.2, 0.25) is 0 Å². The number of likely N-dealkylation sites (tertiary alicyclic amines) is 1. The summed E-state index contributed by atoms with van der Waals surface area (Å²) in [5, 5.41) is 3.32. The number of rotatable bonds is 8. The van der Waals surface area contributed by atoms with E-state index in [1.165, 1.54) is 6.07 Å². The molecule has 12 heteroatoms. The van der Waals surface area contributed by atoms with Crippen molar-refractivity contribution in [2.24, 2.45) is 0 Å². The van der Waals surface area contributed by atoms with E-state index in [0.717, 1.165) is 49.9 Å². The highest BCUT2D eigenvalue weighted by Crippen LogP contribution is 2.35. The Hall–Kier alpha value is -3.38. The Morgan fingerprint density at radius 1 is 1.14 bits per heavy atom. The van der Waals surface area contributed by atoms with E-state index in [1.807, 2.05) is 0 Å². The first-order chi connectivity index (χ1) is 17.6. The average molecular weight is 545 g/mol. The first kappa shape index (κ1) is 25.3. The molecule has 0 spiro atoms. The lowest BCUT2D eigenvalue weighted by Gasteiger charge is -2.30. The molecule has 2 heterocycles. The van der Waals surface area contributed by atoms with E-state index >= 15 is 4.39 Å². The van der Waals surface area contributed by atoms with Gasteiger partial charge in [-0.15, -0.1) is 11.3 Å². The maximum Gasteiger partial charge on any atom is 0.253 e. The highest BCUT2D eigenvalue weighted by molar-refractivity contribution is 7.91.